The van der Waals surface area contributed by atoms with Crippen molar-refractivity contribution in [2.75, 3.05) is 6.54 Å². The number of nitrogens with two attached hydrogens (primary N) is 1. The molecule has 4 nitrogen and oxygen atoms in total. The topological polar surface area (TPSA) is 69.2 Å². The van der Waals surface area contributed by atoms with Crippen molar-refractivity contribution in [3.8, 4) is 0 Å². The molecule has 0 saturated carbocycles. The lowest BCUT2D eigenvalue weighted by Crippen LogP contribution is -2.10. The van der Waals surface area contributed by atoms with Crippen LogP contribution in [-0.2, 0) is 0 Å². The lowest BCUT2D eigenvalue weighted by Gasteiger charge is -1.87. The lowest BCUT2D eigenvalue weighted by molar-refractivity contribution is -0.425. The van der Waals surface area contributed by atoms with E-state index >= 15 is 0 Å². The van der Waals surface area contributed by atoms with Gasteiger partial charge in [-0.1, -0.05) is 0 Å². The highest BCUT2D eigenvalue weighted by molar-refractivity contribution is 4.89. The molecule has 0 aromatic heterocycles. The van der Waals surface area contributed by atoms with Crippen molar-refractivity contribution in [2.45, 2.75) is 6.92 Å². The molecule has 0 aromatic rings. The summed E-state index contributed by atoms with van der Waals surface area (Å²) in [4.78, 5) is 9.33. The third-order valence-electron chi connectivity index (χ3n) is 0.777. The molecular formula is C4H8N2O2. The van der Waals surface area contributed by atoms with Crippen LogP contribution in [-0.4, -0.2) is 11.5 Å². The molecule has 0 aliphatic heterocycles. The first-order valence-electron chi connectivity index (χ1n) is 2.22. The molecule has 0 atom stereocenters. The van der Waals surface area contributed by atoms with Crippen LogP contribution in [0, 0.1) is 10.1 Å². The van der Waals surface area contributed by atoms with Crippen LogP contribution in [0.15, 0.2) is 11.8 Å². The van der Waals surface area contributed by atoms with Crippen LogP contribution in [0.25, 0.3) is 0 Å². The summed E-state index contributed by atoms with van der Waals surface area (Å²) in [6.07, 6.45) is 1.39. The number of hydrogen-bond donors (Lipinski definition) is 1. The Kier molecular flexibility index (Phi) is 2.79. The number of nitro groups is 1. The fraction of sp³-hybridized carbons (Fsp3) is 0.500. The first-order chi connectivity index (χ1) is 3.72. The van der Waals surface area contributed by atoms with E-state index in [1.54, 1.807) is 6.92 Å². The summed E-state index contributed by atoms with van der Waals surface area (Å²) in [6, 6.07) is 0. The van der Waals surface area contributed by atoms with Crippen molar-refractivity contribution in [1.29, 1.82) is 0 Å². The summed E-state index contributed by atoms with van der Waals surface area (Å²) >= 11 is 0. The second-order valence-electron chi connectivity index (χ2n) is 1.24. The van der Waals surface area contributed by atoms with Crippen LogP contribution in [0.1, 0.15) is 6.92 Å². The van der Waals surface area contributed by atoms with Crippen LogP contribution in [0.5, 0.6) is 0 Å². The Labute approximate surface area is 47.1 Å². The van der Waals surface area contributed by atoms with Crippen LogP contribution in [0.2, 0.25) is 0 Å². The first-order valence-corrected chi connectivity index (χ1v) is 2.22. The molecule has 4 heteroatoms. The van der Waals surface area contributed by atoms with Crippen molar-refractivity contribution < 1.29 is 4.92 Å². The monoisotopic (exact) mass is 116 g/mol. The molecule has 0 saturated heterocycles. The minimum Gasteiger partial charge on any atom is -0.321 e. The molecule has 0 aliphatic rings. The van der Waals surface area contributed by atoms with E-state index in [2.05, 4.69) is 0 Å². The third-order valence-corrected chi connectivity index (χ3v) is 0.777. The van der Waals surface area contributed by atoms with Gasteiger partial charge >= 0.3 is 0 Å². The highest BCUT2D eigenvalue weighted by Gasteiger charge is 2.02. The standard InChI is InChI=1S/C4H8N2O2/c1-2-4(3-5)6(7)8/h2H,3,5H2,1H3/b4-2+. The second-order valence-corrected chi connectivity index (χ2v) is 1.24. The van der Waals surface area contributed by atoms with Crippen LogP contribution < -0.4 is 5.73 Å². The van der Waals surface area contributed by atoms with Crippen molar-refractivity contribution >= 4 is 0 Å². The first kappa shape index (κ1) is 7.10. The summed E-state index contributed by atoms with van der Waals surface area (Å²) < 4.78 is 0. The summed E-state index contributed by atoms with van der Waals surface area (Å²) in [5.74, 6) is 0. The van der Waals surface area contributed by atoms with E-state index in [0.29, 0.717) is 0 Å². The van der Waals surface area contributed by atoms with E-state index in [9.17, 15) is 10.1 Å². The van der Waals surface area contributed by atoms with Gasteiger partial charge < -0.3 is 5.73 Å². The van der Waals surface area contributed by atoms with Gasteiger partial charge in [0.2, 0.25) is 0 Å². The molecule has 2 N–H and O–H groups in total. The largest absolute Gasteiger partial charge is 0.321 e. The molecule has 46 valence electrons. The molecule has 0 spiro atoms. The van der Waals surface area contributed by atoms with E-state index in [1.807, 2.05) is 0 Å². The van der Waals surface area contributed by atoms with Crippen LogP contribution in [0.3, 0.4) is 0 Å². The van der Waals surface area contributed by atoms with Gasteiger partial charge in [-0.15, -0.1) is 0 Å². The Bertz CT molecular complexity index is 119. The lowest BCUT2D eigenvalue weighted by atomic mass is 10.4. The second kappa shape index (κ2) is 3.15. The van der Waals surface area contributed by atoms with Gasteiger partial charge in [-0.25, -0.2) is 0 Å². The summed E-state index contributed by atoms with van der Waals surface area (Å²) in [6.45, 7) is 1.59. The molecule has 0 heterocycles. The Hall–Kier alpha value is -0.900. The zero-order chi connectivity index (χ0) is 6.57. The maximum Gasteiger partial charge on any atom is 0.255 e. The van der Waals surface area contributed by atoms with Crippen molar-refractivity contribution in [3.63, 3.8) is 0 Å². The quantitative estimate of drug-likeness (QED) is 0.411. The minimum atomic E-state index is -0.486. The number of hydrogen-bond acceptors (Lipinski definition) is 3. The van der Waals surface area contributed by atoms with E-state index in [4.69, 9.17) is 5.73 Å². The van der Waals surface area contributed by atoms with Gasteiger partial charge in [-0.05, 0) is 13.0 Å². The molecule has 0 aliphatic carbocycles. The Balaban J connectivity index is 3.92. The number of nitrogens with zero attached hydrogens (tertiary/aromatic N) is 1. The smallest absolute Gasteiger partial charge is 0.255 e. The van der Waals surface area contributed by atoms with Gasteiger partial charge in [0, 0.05) is 0 Å². The van der Waals surface area contributed by atoms with E-state index in [1.165, 1.54) is 6.08 Å². The summed E-state index contributed by atoms with van der Waals surface area (Å²) in [7, 11) is 0. The Morgan fingerprint density at radius 3 is 2.50 bits per heavy atom. The van der Waals surface area contributed by atoms with Crippen molar-refractivity contribution in [1.82, 2.24) is 0 Å². The molecular weight excluding hydrogens is 108 g/mol. The Morgan fingerprint density at radius 2 is 2.50 bits per heavy atom. The Morgan fingerprint density at radius 1 is 2.00 bits per heavy atom. The van der Waals surface area contributed by atoms with Gasteiger partial charge in [0.1, 0.15) is 0 Å². The van der Waals surface area contributed by atoms with Gasteiger partial charge in [0.25, 0.3) is 5.70 Å². The summed E-state index contributed by atoms with van der Waals surface area (Å²) in [5.41, 5.74) is 5.03. The predicted molar refractivity (Wildman–Crippen MR) is 29.8 cm³/mol. The summed E-state index contributed by atoms with van der Waals surface area (Å²) in [5, 5.41) is 9.82. The molecule has 0 bridgehead atoms. The SMILES string of the molecule is C/C=C(\CN)[N+](=O)[O-]. The highest BCUT2D eigenvalue weighted by Crippen LogP contribution is 1.88. The normalized spacial score (nSPS) is 11.5. The zero-order valence-electron chi connectivity index (χ0n) is 4.63. The van der Waals surface area contributed by atoms with Crippen LogP contribution >= 0.6 is 0 Å². The minimum absolute atomic E-state index is 0.00347. The predicted octanol–water partition coefficient (Wildman–Crippen LogP) is 0.126. The number of allylic oxidation sites excluding steroid dienone is 1. The van der Waals surface area contributed by atoms with Crippen molar-refractivity contribution in [2.24, 2.45) is 5.73 Å². The molecule has 0 fully saturated rings. The van der Waals surface area contributed by atoms with Gasteiger partial charge in [0.05, 0.1) is 11.5 Å². The van der Waals surface area contributed by atoms with Crippen molar-refractivity contribution in [3.05, 3.63) is 21.9 Å². The molecule has 0 rings (SSSR count). The van der Waals surface area contributed by atoms with E-state index in [0.717, 1.165) is 0 Å². The molecule has 8 heavy (non-hydrogen) atoms. The maximum absolute atomic E-state index is 9.82. The fourth-order valence-electron chi connectivity index (χ4n) is 0.298. The maximum atomic E-state index is 9.82. The molecule has 0 amide bonds. The molecule has 0 unspecified atom stereocenters. The van der Waals surface area contributed by atoms with Gasteiger partial charge in [-0.3, -0.25) is 10.1 Å². The number of rotatable bonds is 2. The molecule has 0 aromatic carbocycles. The average molecular weight is 116 g/mol. The van der Waals surface area contributed by atoms with Crippen LogP contribution in [0.4, 0.5) is 0 Å². The van der Waals surface area contributed by atoms with E-state index < -0.39 is 4.92 Å². The highest BCUT2D eigenvalue weighted by atomic mass is 16.6. The third kappa shape index (κ3) is 1.70. The zero-order valence-corrected chi connectivity index (χ0v) is 4.63. The fourth-order valence-corrected chi connectivity index (χ4v) is 0.298. The van der Waals surface area contributed by atoms with Gasteiger partial charge in [0.15, 0.2) is 0 Å². The van der Waals surface area contributed by atoms with Gasteiger partial charge in [-0.2, -0.15) is 0 Å². The average Bonchev–Trinajstić information content (AvgIpc) is 1.69. The molecule has 0 radical (unpaired) electrons. The van der Waals surface area contributed by atoms with E-state index in [-0.39, 0.29) is 12.2 Å².